The lowest BCUT2D eigenvalue weighted by molar-refractivity contribution is -0.870. The van der Waals surface area contributed by atoms with Gasteiger partial charge in [0.2, 0.25) is 0 Å². The van der Waals surface area contributed by atoms with E-state index in [0.717, 1.165) is 83.5 Å². The lowest BCUT2D eigenvalue weighted by Gasteiger charge is -2.25. The highest BCUT2D eigenvalue weighted by atomic mass is 16.7. The molecule has 0 rings (SSSR count). The van der Waals surface area contributed by atoms with Gasteiger partial charge in [-0.1, -0.05) is 349 Å². The van der Waals surface area contributed by atoms with E-state index in [9.17, 15) is 19.5 Å². The molecular formula is C80H144NO8+. The molecule has 0 amide bonds. The first kappa shape index (κ1) is 85.5. The van der Waals surface area contributed by atoms with Crippen molar-refractivity contribution in [2.45, 2.75) is 360 Å². The number of carboxylic acid groups (broad SMARTS) is 1. The minimum atomic E-state index is -1.51. The van der Waals surface area contributed by atoms with Crippen molar-refractivity contribution in [2.24, 2.45) is 0 Å². The van der Waals surface area contributed by atoms with E-state index in [-0.39, 0.29) is 32.2 Å². The van der Waals surface area contributed by atoms with Crippen molar-refractivity contribution in [1.29, 1.82) is 0 Å². The standard InChI is InChI=1S/C80H143NO8/c1-6-8-10-12-14-16-18-20-22-24-26-28-30-32-34-36-37-38-39-40-41-43-45-47-49-51-53-55-57-59-61-63-65-67-69-71-78(83)89-76(75-88-80(79(84)85)86-73-72-81(3,4)5)74-87-77(82)70-68-66-64-62-60-58-56-54-52-50-48-46-44-42-35-33-31-29-27-25-23-21-19-17-15-13-11-9-7-2/h8,10,14,16,20,22,26,28,32,34,37-38,40-41,76,80H,6-7,9,11-13,15,17-19,21,23-25,27,29-31,33,35-36,39,42-75H2,1-5H3/p+1/b10-8-,16-14-,22-20-,28-26-,34-32-,38-37-,41-40-. The number of quaternary nitrogens is 1. The molecule has 9 heteroatoms. The number of ether oxygens (including phenoxy) is 4. The van der Waals surface area contributed by atoms with Gasteiger partial charge in [-0.2, -0.15) is 0 Å². The lowest BCUT2D eigenvalue weighted by atomic mass is 10.0. The minimum absolute atomic E-state index is 0.181. The Morgan fingerprint density at radius 3 is 0.955 bits per heavy atom. The molecule has 0 heterocycles. The number of allylic oxidation sites excluding steroid dienone is 14. The summed E-state index contributed by atoms with van der Waals surface area (Å²) in [5.41, 5.74) is 0. The van der Waals surface area contributed by atoms with Gasteiger partial charge in [-0.25, -0.2) is 4.79 Å². The van der Waals surface area contributed by atoms with Gasteiger partial charge in [0.25, 0.3) is 6.29 Å². The number of nitrogens with zero attached hydrogens (tertiary/aromatic N) is 1. The monoisotopic (exact) mass is 1250 g/mol. The Balaban J connectivity index is 4.06. The number of carbonyl (C=O) groups excluding carboxylic acids is 2. The molecule has 0 aliphatic rings. The van der Waals surface area contributed by atoms with Gasteiger partial charge in [-0.15, -0.1) is 0 Å². The van der Waals surface area contributed by atoms with Crippen molar-refractivity contribution in [2.75, 3.05) is 47.5 Å². The van der Waals surface area contributed by atoms with Crippen molar-refractivity contribution in [3.8, 4) is 0 Å². The molecule has 2 unspecified atom stereocenters. The Hall–Kier alpha value is -3.53. The molecule has 89 heavy (non-hydrogen) atoms. The SMILES string of the molecule is CC/C=C\C/C=C\C/C=C\C/C=C\C/C=C\C/C=C\C/C=C\CCCCCCCCCCCCCCCC(=O)OC(COC(=O)CCCCCCCCCCCCCCCCCCCCCCCCCCCCCCC)COC(OCC[N+](C)(C)C)C(=O)O. The molecule has 516 valence electrons. The Morgan fingerprint density at radius 2 is 0.640 bits per heavy atom. The van der Waals surface area contributed by atoms with E-state index in [1.165, 1.54) is 238 Å². The maximum Gasteiger partial charge on any atom is 0.361 e. The van der Waals surface area contributed by atoms with Crippen LogP contribution in [0.25, 0.3) is 0 Å². The summed E-state index contributed by atoms with van der Waals surface area (Å²) in [4.78, 5) is 37.7. The van der Waals surface area contributed by atoms with Gasteiger partial charge in [0, 0.05) is 12.8 Å². The summed E-state index contributed by atoms with van der Waals surface area (Å²) in [6.45, 7) is 4.82. The summed E-state index contributed by atoms with van der Waals surface area (Å²) in [6, 6.07) is 0. The molecule has 0 spiro atoms. The van der Waals surface area contributed by atoms with Crippen LogP contribution in [0.2, 0.25) is 0 Å². The minimum Gasteiger partial charge on any atom is -0.477 e. The van der Waals surface area contributed by atoms with E-state index in [2.05, 4.69) is 98.9 Å². The van der Waals surface area contributed by atoms with E-state index in [4.69, 9.17) is 18.9 Å². The van der Waals surface area contributed by atoms with E-state index in [1.54, 1.807) is 0 Å². The molecule has 1 N–H and O–H groups in total. The molecular weight excluding hydrogens is 1100 g/mol. The van der Waals surface area contributed by atoms with Crippen LogP contribution in [0.15, 0.2) is 85.1 Å². The second kappa shape index (κ2) is 70.3. The third-order valence-electron chi connectivity index (χ3n) is 16.7. The average molecular weight is 1250 g/mol. The van der Waals surface area contributed by atoms with Crippen LogP contribution in [0, 0.1) is 0 Å². The topological polar surface area (TPSA) is 108 Å². The van der Waals surface area contributed by atoms with Crippen LogP contribution in [0.4, 0.5) is 0 Å². The van der Waals surface area contributed by atoms with E-state index in [0.29, 0.717) is 17.4 Å². The van der Waals surface area contributed by atoms with Crippen molar-refractivity contribution in [3.05, 3.63) is 85.1 Å². The average Bonchev–Trinajstić information content (AvgIpc) is 3.64. The predicted octanol–water partition coefficient (Wildman–Crippen LogP) is 23.8. The summed E-state index contributed by atoms with van der Waals surface area (Å²) in [5, 5.41) is 9.76. The van der Waals surface area contributed by atoms with Crippen molar-refractivity contribution in [3.63, 3.8) is 0 Å². The number of aliphatic carboxylic acids is 1. The summed E-state index contributed by atoms with van der Waals surface area (Å²) >= 11 is 0. The second-order valence-corrected chi connectivity index (χ2v) is 26.6. The maximum atomic E-state index is 13.0. The summed E-state index contributed by atoms with van der Waals surface area (Å²) in [6.07, 6.45) is 92.9. The first-order valence-corrected chi connectivity index (χ1v) is 37.8. The molecule has 2 atom stereocenters. The molecule has 0 radical (unpaired) electrons. The third kappa shape index (κ3) is 71.8. The Morgan fingerprint density at radius 1 is 0.348 bits per heavy atom. The van der Waals surface area contributed by atoms with Gasteiger partial charge >= 0.3 is 17.9 Å². The molecule has 0 aromatic carbocycles. The second-order valence-electron chi connectivity index (χ2n) is 26.6. The normalized spacial score (nSPS) is 13.1. The Labute approximate surface area is 550 Å². The van der Waals surface area contributed by atoms with Gasteiger partial charge in [-0.05, 0) is 70.6 Å². The van der Waals surface area contributed by atoms with Crippen molar-refractivity contribution >= 4 is 17.9 Å². The number of carboxylic acids is 1. The van der Waals surface area contributed by atoms with Crippen molar-refractivity contribution < 1.29 is 42.9 Å². The number of carbonyl (C=O) groups is 3. The van der Waals surface area contributed by atoms with Crippen molar-refractivity contribution in [1.82, 2.24) is 0 Å². The highest BCUT2D eigenvalue weighted by molar-refractivity contribution is 5.71. The number of likely N-dealkylation sites (N-methyl/N-ethyl adjacent to an activating group) is 1. The maximum absolute atomic E-state index is 13.0. The van der Waals surface area contributed by atoms with E-state index >= 15 is 0 Å². The van der Waals surface area contributed by atoms with Gasteiger partial charge in [0.1, 0.15) is 13.2 Å². The van der Waals surface area contributed by atoms with Gasteiger partial charge in [0.15, 0.2) is 6.10 Å². The number of unbranched alkanes of at least 4 members (excludes halogenated alkanes) is 41. The first-order valence-electron chi connectivity index (χ1n) is 37.8. The van der Waals surface area contributed by atoms with Gasteiger partial charge in [0.05, 0.1) is 34.4 Å². The van der Waals surface area contributed by atoms with Gasteiger partial charge in [-0.3, -0.25) is 9.59 Å². The highest BCUT2D eigenvalue weighted by Crippen LogP contribution is 2.19. The first-order chi connectivity index (χ1) is 43.6. The van der Waals surface area contributed by atoms with Crippen LogP contribution < -0.4 is 0 Å². The zero-order valence-corrected chi connectivity index (χ0v) is 59.1. The lowest BCUT2D eigenvalue weighted by Crippen LogP contribution is -2.40. The Bertz CT molecular complexity index is 1740. The smallest absolute Gasteiger partial charge is 0.361 e. The molecule has 0 aromatic heterocycles. The number of hydrogen-bond acceptors (Lipinski definition) is 7. The molecule has 9 nitrogen and oxygen atoms in total. The molecule has 0 aromatic rings. The van der Waals surface area contributed by atoms with E-state index < -0.39 is 24.3 Å². The van der Waals surface area contributed by atoms with E-state index in [1.807, 2.05) is 21.1 Å². The summed E-state index contributed by atoms with van der Waals surface area (Å²) in [7, 11) is 5.99. The number of rotatable bonds is 70. The molecule has 0 aliphatic carbocycles. The largest absolute Gasteiger partial charge is 0.477 e. The summed E-state index contributed by atoms with van der Waals surface area (Å²) < 4.78 is 23.0. The van der Waals surface area contributed by atoms with Crippen LogP contribution in [-0.4, -0.2) is 87.4 Å². The van der Waals surface area contributed by atoms with Gasteiger partial charge < -0.3 is 28.5 Å². The number of hydrogen-bond donors (Lipinski definition) is 1. The zero-order chi connectivity index (χ0) is 64.7. The molecule has 0 aliphatic heterocycles. The fourth-order valence-corrected chi connectivity index (χ4v) is 10.9. The molecule has 0 saturated carbocycles. The fraction of sp³-hybridized carbons (Fsp3) is 0.787. The Kier molecular flexibility index (Phi) is 67.6. The third-order valence-corrected chi connectivity index (χ3v) is 16.7. The quantitative estimate of drug-likeness (QED) is 0.0211. The fourth-order valence-electron chi connectivity index (χ4n) is 10.9. The predicted molar refractivity (Wildman–Crippen MR) is 382 cm³/mol. The molecule has 0 bridgehead atoms. The molecule has 0 fully saturated rings. The zero-order valence-electron chi connectivity index (χ0n) is 59.1. The van der Waals surface area contributed by atoms with Crippen LogP contribution in [0.1, 0.15) is 348 Å². The van der Waals surface area contributed by atoms with Crippen LogP contribution in [0.3, 0.4) is 0 Å². The highest BCUT2D eigenvalue weighted by Gasteiger charge is 2.25. The number of esters is 2. The molecule has 0 saturated heterocycles. The summed E-state index contributed by atoms with van der Waals surface area (Å²) in [5.74, 6) is -1.99. The van der Waals surface area contributed by atoms with Crippen LogP contribution >= 0.6 is 0 Å². The van der Waals surface area contributed by atoms with Crippen LogP contribution in [-0.2, 0) is 33.3 Å². The van der Waals surface area contributed by atoms with Crippen LogP contribution in [0.5, 0.6) is 0 Å².